The van der Waals surface area contributed by atoms with E-state index in [9.17, 15) is 4.79 Å². The molecule has 3 rings (SSSR count). The standard InChI is InChI=1S/C19H19ClN4O2S/c1-3-10-24-13-21-22-19(24)27-12-18(25)23(2)11-16-8-9-17(26-16)14-4-6-15(20)7-5-14/h3-9,13H,1,10-12H2,2H3. The molecule has 8 heteroatoms. The molecule has 2 heterocycles. The monoisotopic (exact) mass is 402 g/mol. The Bertz CT molecular complexity index is 920. The first-order valence-corrected chi connectivity index (χ1v) is 9.63. The van der Waals surface area contributed by atoms with Crippen LogP contribution in [-0.2, 0) is 17.9 Å². The normalized spacial score (nSPS) is 10.7. The second kappa shape index (κ2) is 8.92. The summed E-state index contributed by atoms with van der Waals surface area (Å²) >= 11 is 7.26. The summed E-state index contributed by atoms with van der Waals surface area (Å²) in [5, 5.41) is 9.26. The fraction of sp³-hybridized carbons (Fsp3) is 0.211. The van der Waals surface area contributed by atoms with Crippen LogP contribution in [0.15, 0.2) is 65.0 Å². The number of aromatic nitrogens is 3. The highest BCUT2D eigenvalue weighted by atomic mass is 35.5. The quantitative estimate of drug-likeness (QED) is 0.418. The third-order valence-corrected chi connectivity index (χ3v) is 5.06. The van der Waals surface area contributed by atoms with Gasteiger partial charge >= 0.3 is 0 Å². The zero-order chi connectivity index (χ0) is 19.2. The minimum atomic E-state index is -0.0161. The molecule has 0 saturated heterocycles. The first-order chi connectivity index (χ1) is 13.1. The smallest absolute Gasteiger partial charge is 0.233 e. The van der Waals surface area contributed by atoms with E-state index in [1.165, 1.54) is 11.8 Å². The lowest BCUT2D eigenvalue weighted by Crippen LogP contribution is -2.27. The molecular formula is C19H19ClN4O2S. The molecule has 0 saturated carbocycles. The van der Waals surface area contributed by atoms with Gasteiger partial charge in [-0.25, -0.2) is 0 Å². The van der Waals surface area contributed by atoms with Gasteiger partial charge in [0.15, 0.2) is 5.16 Å². The Morgan fingerprint density at radius 1 is 1.33 bits per heavy atom. The predicted molar refractivity (Wildman–Crippen MR) is 107 cm³/mol. The molecule has 0 aliphatic rings. The second-order valence-corrected chi connectivity index (χ2v) is 7.24. The molecule has 27 heavy (non-hydrogen) atoms. The van der Waals surface area contributed by atoms with E-state index in [1.807, 2.05) is 41.0 Å². The molecule has 0 radical (unpaired) electrons. The largest absolute Gasteiger partial charge is 0.459 e. The van der Waals surface area contributed by atoms with Crippen LogP contribution in [0.25, 0.3) is 11.3 Å². The number of nitrogens with zero attached hydrogens (tertiary/aromatic N) is 4. The Hall–Kier alpha value is -2.51. The number of hydrogen-bond donors (Lipinski definition) is 0. The SMILES string of the molecule is C=CCn1cnnc1SCC(=O)N(C)Cc1ccc(-c2ccc(Cl)cc2)o1. The number of rotatable bonds is 8. The van der Waals surface area contributed by atoms with Crippen molar-refractivity contribution in [3.05, 3.63) is 66.2 Å². The van der Waals surface area contributed by atoms with Crippen molar-refractivity contribution in [1.29, 1.82) is 0 Å². The van der Waals surface area contributed by atoms with Gasteiger partial charge in [0.1, 0.15) is 17.8 Å². The number of benzene rings is 1. The van der Waals surface area contributed by atoms with Crippen LogP contribution in [0.2, 0.25) is 5.02 Å². The van der Waals surface area contributed by atoms with Gasteiger partial charge in [-0.2, -0.15) is 0 Å². The Kier molecular flexibility index (Phi) is 6.36. The Morgan fingerprint density at radius 3 is 2.85 bits per heavy atom. The first kappa shape index (κ1) is 19.3. The topological polar surface area (TPSA) is 64.2 Å². The van der Waals surface area contributed by atoms with E-state index < -0.39 is 0 Å². The van der Waals surface area contributed by atoms with Crippen molar-refractivity contribution in [2.24, 2.45) is 0 Å². The maximum atomic E-state index is 12.4. The summed E-state index contributed by atoms with van der Waals surface area (Å²) in [6, 6.07) is 11.2. The van der Waals surface area contributed by atoms with Crippen molar-refractivity contribution >= 4 is 29.3 Å². The summed E-state index contributed by atoms with van der Waals surface area (Å²) < 4.78 is 7.69. The number of carbonyl (C=O) groups is 1. The van der Waals surface area contributed by atoms with E-state index in [0.29, 0.717) is 23.3 Å². The number of allylic oxidation sites excluding steroid dienone is 1. The van der Waals surface area contributed by atoms with Crippen molar-refractivity contribution < 1.29 is 9.21 Å². The Morgan fingerprint density at radius 2 is 2.11 bits per heavy atom. The highest BCUT2D eigenvalue weighted by molar-refractivity contribution is 7.99. The van der Waals surface area contributed by atoms with Gasteiger partial charge in [-0.15, -0.1) is 16.8 Å². The maximum absolute atomic E-state index is 12.4. The summed E-state index contributed by atoms with van der Waals surface area (Å²) in [4.78, 5) is 14.0. The highest BCUT2D eigenvalue weighted by Gasteiger charge is 2.14. The van der Waals surface area contributed by atoms with E-state index in [1.54, 1.807) is 24.4 Å². The second-order valence-electron chi connectivity index (χ2n) is 5.87. The van der Waals surface area contributed by atoms with Crippen LogP contribution in [0, 0.1) is 0 Å². The molecule has 2 aromatic heterocycles. The third kappa shape index (κ3) is 5.02. The molecule has 140 valence electrons. The molecule has 0 unspecified atom stereocenters. The average molecular weight is 403 g/mol. The average Bonchev–Trinajstić information content (AvgIpc) is 3.30. The van der Waals surface area contributed by atoms with Gasteiger partial charge < -0.3 is 13.9 Å². The summed E-state index contributed by atoms with van der Waals surface area (Å²) in [5.41, 5.74) is 0.941. The lowest BCUT2D eigenvalue weighted by atomic mass is 10.2. The van der Waals surface area contributed by atoms with Gasteiger partial charge in [0.25, 0.3) is 0 Å². The summed E-state index contributed by atoms with van der Waals surface area (Å²) in [5.74, 6) is 1.72. The fourth-order valence-electron chi connectivity index (χ4n) is 2.41. The van der Waals surface area contributed by atoms with Crippen LogP contribution in [0.5, 0.6) is 0 Å². The zero-order valence-electron chi connectivity index (χ0n) is 14.8. The minimum Gasteiger partial charge on any atom is -0.459 e. The Labute approximate surface area is 166 Å². The van der Waals surface area contributed by atoms with Gasteiger partial charge in [0.05, 0.1) is 12.3 Å². The van der Waals surface area contributed by atoms with Gasteiger partial charge in [0, 0.05) is 24.2 Å². The number of amides is 1. The van der Waals surface area contributed by atoms with Crippen molar-refractivity contribution in [3.63, 3.8) is 0 Å². The Balaban J connectivity index is 1.56. The van der Waals surface area contributed by atoms with Crippen LogP contribution in [0.4, 0.5) is 0 Å². The van der Waals surface area contributed by atoms with Crippen LogP contribution in [0.1, 0.15) is 5.76 Å². The molecule has 0 fully saturated rings. The lowest BCUT2D eigenvalue weighted by molar-refractivity contribution is -0.127. The molecule has 0 aliphatic carbocycles. The number of carbonyl (C=O) groups excluding carboxylic acids is 1. The van der Waals surface area contributed by atoms with Crippen LogP contribution in [-0.4, -0.2) is 38.4 Å². The molecule has 1 amide bonds. The number of hydrogen-bond acceptors (Lipinski definition) is 5. The summed E-state index contributed by atoms with van der Waals surface area (Å²) in [7, 11) is 1.75. The third-order valence-electron chi connectivity index (χ3n) is 3.84. The number of thioether (sulfide) groups is 1. The van der Waals surface area contributed by atoms with Gasteiger partial charge in [-0.3, -0.25) is 4.79 Å². The molecule has 0 spiro atoms. The predicted octanol–water partition coefficient (Wildman–Crippen LogP) is 4.13. The van der Waals surface area contributed by atoms with Gasteiger partial charge in [-0.05, 0) is 36.4 Å². The van der Waals surface area contributed by atoms with E-state index in [2.05, 4.69) is 16.8 Å². The van der Waals surface area contributed by atoms with Gasteiger partial charge in [-0.1, -0.05) is 29.4 Å². The number of furan rings is 1. The van der Waals surface area contributed by atoms with Crippen molar-refractivity contribution in [3.8, 4) is 11.3 Å². The molecule has 0 aliphatic heterocycles. The minimum absolute atomic E-state index is 0.0161. The van der Waals surface area contributed by atoms with E-state index in [4.69, 9.17) is 16.0 Å². The molecule has 0 atom stereocenters. The molecule has 0 bridgehead atoms. The van der Waals surface area contributed by atoms with E-state index >= 15 is 0 Å². The van der Waals surface area contributed by atoms with Crippen molar-refractivity contribution in [1.82, 2.24) is 19.7 Å². The molecule has 3 aromatic rings. The molecular weight excluding hydrogens is 384 g/mol. The van der Waals surface area contributed by atoms with E-state index in [-0.39, 0.29) is 11.7 Å². The molecule has 0 N–H and O–H groups in total. The van der Waals surface area contributed by atoms with Crippen LogP contribution >= 0.6 is 23.4 Å². The van der Waals surface area contributed by atoms with Gasteiger partial charge in [0.2, 0.25) is 5.91 Å². The lowest BCUT2D eigenvalue weighted by Gasteiger charge is -2.15. The molecule has 6 nitrogen and oxygen atoms in total. The molecule has 1 aromatic carbocycles. The number of halogens is 1. The van der Waals surface area contributed by atoms with Crippen molar-refractivity contribution in [2.75, 3.05) is 12.8 Å². The van der Waals surface area contributed by atoms with Crippen LogP contribution in [0.3, 0.4) is 0 Å². The van der Waals surface area contributed by atoms with Crippen molar-refractivity contribution in [2.45, 2.75) is 18.2 Å². The summed E-state index contributed by atoms with van der Waals surface area (Å²) in [6.45, 7) is 4.70. The maximum Gasteiger partial charge on any atom is 0.233 e. The van der Waals surface area contributed by atoms with Crippen LogP contribution < -0.4 is 0 Å². The first-order valence-electron chi connectivity index (χ1n) is 8.27. The zero-order valence-corrected chi connectivity index (χ0v) is 16.4. The van der Waals surface area contributed by atoms with E-state index in [0.717, 1.165) is 17.1 Å². The fourth-order valence-corrected chi connectivity index (χ4v) is 3.40. The summed E-state index contributed by atoms with van der Waals surface area (Å²) in [6.07, 6.45) is 3.38. The highest BCUT2D eigenvalue weighted by Crippen LogP contribution is 2.24.